The van der Waals surface area contributed by atoms with Crippen LogP contribution in [0.5, 0.6) is 0 Å². The topological polar surface area (TPSA) is 62.6 Å². The van der Waals surface area contributed by atoms with Crippen LogP contribution in [-0.2, 0) is 11.8 Å². The van der Waals surface area contributed by atoms with E-state index in [1.54, 1.807) is 7.11 Å². The molecule has 0 saturated carbocycles. The maximum Gasteiger partial charge on any atom is 0.317 e. The van der Waals surface area contributed by atoms with Crippen molar-refractivity contribution >= 4 is 6.03 Å². The van der Waals surface area contributed by atoms with Crippen molar-refractivity contribution in [2.24, 2.45) is 13.0 Å². The van der Waals surface area contributed by atoms with Crippen LogP contribution in [0.2, 0.25) is 0 Å². The van der Waals surface area contributed by atoms with Crippen LogP contribution in [0.3, 0.4) is 0 Å². The number of nitrogens with zero attached hydrogens (tertiary/aromatic N) is 4. The highest BCUT2D eigenvalue weighted by Gasteiger charge is 2.33. The summed E-state index contributed by atoms with van der Waals surface area (Å²) in [6.45, 7) is 4.41. The van der Waals surface area contributed by atoms with E-state index in [-0.39, 0.29) is 12.1 Å². The lowest BCUT2D eigenvalue weighted by atomic mass is 9.86. The predicted molar refractivity (Wildman–Crippen MR) is 98.4 cm³/mol. The molecule has 0 radical (unpaired) electrons. The molecule has 0 aromatic carbocycles. The molecular formula is C18H33N5O2. The van der Waals surface area contributed by atoms with E-state index in [1.165, 1.54) is 5.56 Å². The molecule has 25 heavy (non-hydrogen) atoms. The van der Waals surface area contributed by atoms with E-state index < -0.39 is 0 Å². The Kier molecular flexibility index (Phi) is 7.25. The van der Waals surface area contributed by atoms with Gasteiger partial charge in [0.05, 0.1) is 18.8 Å². The second-order valence-electron chi connectivity index (χ2n) is 7.17. The zero-order valence-electron chi connectivity index (χ0n) is 16.2. The van der Waals surface area contributed by atoms with Crippen molar-refractivity contribution in [3.05, 3.63) is 18.0 Å². The zero-order chi connectivity index (χ0) is 18.4. The van der Waals surface area contributed by atoms with Gasteiger partial charge in [0.2, 0.25) is 0 Å². The Hall–Kier alpha value is -1.60. The Morgan fingerprint density at radius 1 is 1.52 bits per heavy atom. The minimum atomic E-state index is -0.0259. The summed E-state index contributed by atoms with van der Waals surface area (Å²) in [6.07, 6.45) is 7.18. The second-order valence-corrected chi connectivity index (χ2v) is 7.17. The quantitative estimate of drug-likeness (QED) is 0.815. The molecule has 2 amide bonds. The van der Waals surface area contributed by atoms with Crippen molar-refractivity contribution in [3.63, 3.8) is 0 Å². The van der Waals surface area contributed by atoms with Gasteiger partial charge in [0.25, 0.3) is 0 Å². The summed E-state index contributed by atoms with van der Waals surface area (Å²) in [6, 6.07) is 0.337. The van der Waals surface area contributed by atoms with Crippen molar-refractivity contribution in [2.45, 2.75) is 38.3 Å². The first kappa shape index (κ1) is 19.7. The first-order chi connectivity index (χ1) is 12.0. The van der Waals surface area contributed by atoms with Gasteiger partial charge in [-0.25, -0.2) is 4.79 Å². The molecule has 7 nitrogen and oxygen atoms in total. The van der Waals surface area contributed by atoms with Gasteiger partial charge < -0.3 is 15.0 Å². The van der Waals surface area contributed by atoms with Gasteiger partial charge in [-0.2, -0.15) is 5.10 Å². The number of carbonyl (C=O) groups is 1. The number of carbonyl (C=O) groups excluding carboxylic acids is 1. The average molecular weight is 351 g/mol. The summed E-state index contributed by atoms with van der Waals surface area (Å²) in [7, 11) is 7.65. The van der Waals surface area contributed by atoms with Gasteiger partial charge in [-0.15, -0.1) is 0 Å². The summed E-state index contributed by atoms with van der Waals surface area (Å²) in [5.74, 6) is 0.404. The Morgan fingerprint density at radius 2 is 2.28 bits per heavy atom. The SMILES string of the molecule is CCC(COC)NC(=O)N(C)C[C@@H]1CCCN(C)[C@H]1c1cnn(C)c1. The highest BCUT2D eigenvalue weighted by atomic mass is 16.5. The van der Waals surface area contributed by atoms with Crippen LogP contribution in [0.1, 0.15) is 37.8 Å². The molecule has 2 heterocycles. The number of ether oxygens (including phenoxy) is 1. The Labute approximate surface area is 151 Å². The van der Waals surface area contributed by atoms with E-state index in [0.29, 0.717) is 18.6 Å². The fourth-order valence-electron chi connectivity index (χ4n) is 3.75. The fourth-order valence-corrected chi connectivity index (χ4v) is 3.75. The number of aromatic nitrogens is 2. The molecule has 1 aliphatic heterocycles. The van der Waals surface area contributed by atoms with Gasteiger partial charge in [0.15, 0.2) is 0 Å². The number of rotatable bonds is 7. The van der Waals surface area contributed by atoms with Crippen LogP contribution >= 0.6 is 0 Å². The third kappa shape index (κ3) is 5.19. The van der Waals surface area contributed by atoms with Gasteiger partial charge in [-0.3, -0.25) is 9.58 Å². The number of nitrogens with one attached hydrogen (secondary N) is 1. The third-order valence-electron chi connectivity index (χ3n) is 5.12. The lowest BCUT2D eigenvalue weighted by molar-refractivity contribution is 0.0975. The summed E-state index contributed by atoms with van der Waals surface area (Å²) in [5, 5.41) is 7.39. The molecule has 0 aliphatic carbocycles. The number of urea groups is 1. The largest absolute Gasteiger partial charge is 0.383 e. The molecule has 1 aliphatic rings. The summed E-state index contributed by atoms with van der Waals surface area (Å²) < 4.78 is 7.02. The van der Waals surface area contributed by atoms with Gasteiger partial charge in [0.1, 0.15) is 0 Å². The lowest BCUT2D eigenvalue weighted by Gasteiger charge is -2.40. The number of aryl methyl sites for hydroxylation is 1. The molecule has 1 aromatic heterocycles. The van der Waals surface area contributed by atoms with E-state index in [0.717, 1.165) is 32.4 Å². The zero-order valence-corrected chi connectivity index (χ0v) is 16.2. The van der Waals surface area contributed by atoms with Crippen LogP contribution in [0.4, 0.5) is 4.79 Å². The minimum Gasteiger partial charge on any atom is -0.383 e. The van der Waals surface area contributed by atoms with E-state index in [9.17, 15) is 4.79 Å². The molecule has 7 heteroatoms. The molecule has 0 bridgehead atoms. The van der Waals surface area contributed by atoms with Gasteiger partial charge >= 0.3 is 6.03 Å². The molecule has 3 atom stereocenters. The number of hydrogen-bond donors (Lipinski definition) is 1. The van der Waals surface area contributed by atoms with Crippen LogP contribution in [0.15, 0.2) is 12.4 Å². The van der Waals surface area contributed by atoms with E-state index in [2.05, 4.69) is 35.5 Å². The van der Waals surface area contributed by atoms with Crippen LogP contribution in [-0.4, -0.2) is 72.6 Å². The van der Waals surface area contributed by atoms with E-state index in [1.807, 2.05) is 29.9 Å². The molecular weight excluding hydrogens is 318 g/mol. The second kappa shape index (κ2) is 9.20. The van der Waals surface area contributed by atoms with Gasteiger partial charge in [-0.1, -0.05) is 6.92 Å². The number of likely N-dealkylation sites (tertiary alicyclic amines) is 1. The summed E-state index contributed by atoms with van der Waals surface area (Å²) >= 11 is 0. The highest BCUT2D eigenvalue weighted by molar-refractivity contribution is 5.74. The Bertz CT molecular complexity index is 547. The average Bonchev–Trinajstić information content (AvgIpc) is 3.00. The fraction of sp³-hybridized carbons (Fsp3) is 0.778. The molecule has 0 spiro atoms. The normalized spacial score (nSPS) is 22.6. The summed E-state index contributed by atoms with van der Waals surface area (Å²) in [4.78, 5) is 16.7. The minimum absolute atomic E-state index is 0.0259. The standard InChI is InChI=1S/C18H33N5O2/c1-6-16(13-25-5)20-18(24)22(3)11-14-8-7-9-21(2)17(14)15-10-19-23(4)12-15/h10,12,14,16-17H,6-9,11,13H2,1-5H3,(H,20,24)/t14-,16?,17+/m0/s1. The van der Waals surface area contributed by atoms with Crippen molar-refractivity contribution in [3.8, 4) is 0 Å². The number of hydrogen-bond acceptors (Lipinski definition) is 4. The van der Waals surface area contributed by atoms with E-state index >= 15 is 0 Å². The number of amides is 2. The van der Waals surface area contributed by atoms with Crippen molar-refractivity contribution in [2.75, 3.05) is 40.9 Å². The van der Waals surface area contributed by atoms with Crippen LogP contribution in [0.25, 0.3) is 0 Å². The van der Waals surface area contributed by atoms with E-state index in [4.69, 9.17) is 4.74 Å². The Morgan fingerprint density at radius 3 is 2.88 bits per heavy atom. The van der Waals surface area contributed by atoms with Crippen LogP contribution in [0, 0.1) is 5.92 Å². The first-order valence-corrected chi connectivity index (χ1v) is 9.15. The molecule has 1 unspecified atom stereocenters. The molecule has 2 rings (SSSR count). The number of methoxy groups -OCH3 is 1. The molecule has 1 fully saturated rings. The first-order valence-electron chi connectivity index (χ1n) is 9.15. The molecule has 1 aromatic rings. The monoisotopic (exact) mass is 351 g/mol. The molecule has 1 saturated heterocycles. The summed E-state index contributed by atoms with van der Waals surface area (Å²) in [5.41, 5.74) is 1.23. The van der Waals surface area contributed by atoms with Crippen LogP contribution < -0.4 is 5.32 Å². The third-order valence-corrected chi connectivity index (χ3v) is 5.12. The van der Waals surface area contributed by atoms with Crippen molar-refractivity contribution < 1.29 is 9.53 Å². The van der Waals surface area contributed by atoms with Gasteiger partial charge in [-0.05, 0) is 38.8 Å². The number of piperidine rings is 1. The van der Waals surface area contributed by atoms with Crippen molar-refractivity contribution in [1.82, 2.24) is 24.9 Å². The smallest absolute Gasteiger partial charge is 0.317 e. The predicted octanol–water partition coefficient (Wildman–Crippen LogP) is 1.87. The maximum atomic E-state index is 12.5. The van der Waals surface area contributed by atoms with Gasteiger partial charge in [0, 0.05) is 45.6 Å². The molecule has 142 valence electrons. The lowest BCUT2D eigenvalue weighted by Crippen LogP contribution is -2.48. The Balaban J connectivity index is 2.01. The molecule has 1 N–H and O–H groups in total. The maximum absolute atomic E-state index is 12.5. The highest BCUT2D eigenvalue weighted by Crippen LogP contribution is 2.35. The van der Waals surface area contributed by atoms with Crippen molar-refractivity contribution in [1.29, 1.82) is 0 Å².